The third kappa shape index (κ3) is 2.54. The van der Waals surface area contributed by atoms with Crippen LogP contribution in [0.2, 0.25) is 0 Å². The van der Waals surface area contributed by atoms with Gasteiger partial charge in [-0.15, -0.1) is 0 Å². The average molecular weight is 265 g/mol. The molecule has 0 bridgehead atoms. The van der Waals surface area contributed by atoms with Gasteiger partial charge in [-0.05, 0) is 18.1 Å². The molecule has 3 rings (SSSR count). The number of aryl methyl sites for hydroxylation is 1. The van der Waals surface area contributed by atoms with Gasteiger partial charge < -0.3 is 9.84 Å². The molecule has 0 aliphatic rings. The summed E-state index contributed by atoms with van der Waals surface area (Å²) in [6.07, 6.45) is 0.947. The highest BCUT2D eigenvalue weighted by Crippen LogP contribution is 2.22. The molecule has 1 N–H and O–H groups in total. The molecular formula is C16H15N3O. The third-order valence-electron chi connectivity index (χ3n) is 3.10. The predicted molar refractivity (Wildman–Crippen MR) is 78.8 cm³/mol. The molecule has 0 radical (unpaired) electrons. The maximum Gasteiger partial charge on any atom is 0.326 e. The number of anilines is 2. The van der Waals surface area contributed by atoms with Crippen LogP contribution in [-0.4, -0.2) is 10.1 Å². The zero-order valence-corrected chi connectivity index (χ0v) is 11.2. The maximum atomic E-state index is 5.25. The van der Waals surface area contributed by atoms with Crippen molar-refractivity contribution in [2.75, 3.05) is 5.32 Å². The van der Waals surface area contributed by atoms with Gasteiger partial charge in [0.15, 0.2) is 0 Å². The van der Waals surface area contributed by atoms with Crippen LogP contribution in [0.25, 0.3) is 11.4 Å². The summed E-state index contributed by atoms with van der Waals surface area (Å²) in [4.78, 5) is 4.36. The normalized spacial score (nSPS) is 10.4. The van der Waals surface area contributed by atoms with Gasteiger partial charge in [-0.1, -0.05) is 60.6 Å². The van der Waals surface area contributed by atoms with Crippen LogP contribution in [-0.2, 0) is 6.42 Å². The topological polar surface area (TPSA) is 51.0 Å². The number of nitrogens with zero attached hydrogens (tertiary/aromatic N) is 2. The van der Waals surface area contributed by atoms with Crippen LogP contribution in [0.4, 0.5) is 11.7 Å². The molecule has 0 amide bonds. The van der Waals surface area contributed by atoms with E-state index in [-0.39, 0.29) is 0 Å². The van der Waals surface area contributed by atoms with Crippen LogP contribution in [0.5, 0.6) is 0 Å². The number of nitrogens with one attached hydrogen (secondary N) is 1. The van der Waals surface area contributed by atoms with E-state index in [9.17, 15) is 0 Å². The minimum Gasteiger partial charge on any atom is -0.315 e. The predicted octanol–water partition coefficient (Wildman–Crippen LogP) is 4.04. The van der Waals surface area contributed by atoms with E-state index in [1.807, 2.05) is 48.5 Å². The van der Waals surface area contributed by atoms with Crippen molar-refractivity contribution in [1.82, 2.24) is 10.1 Å². The largest absolute Gasteiger partial charge is 0.326 e. The number of rotatable bonds is 4. The van der Waals surface area contributed by atoms with Crippen molar-refractivity contribution in [2.24, 2.45) is 0 Å². The van der Waals surface area contributed by atoms with Gasteiger partial charge in [0.05, 0.1) is 0 Å². The lowest BCUT2D eigenvalue weighted by Gasteiger charge is -2.06. The Bertz CT molecular complexity index is 692. The second-order valence-corrected chi connectivity index (χ2v) is 4.42. The van der Waals surface area contributed by atoms with Crippen molar-refractivity contribution < 1.29 is 4.52 Å². The van der Waals surface area contributed by atoms with Crippen molar-refractivity contribution in [2.45, 2.75) is 13.3 Å². The lowest BCUT2D eigenvalue weighted by molar-refractivity contribution is 0.435. The fraction of sp³-hybridized carbons (Fsp3) is 0.125. The van der Waals surface area contributed by atoms with Crippen LogP contribution < -0.4 is 5.32 Å². The molecule has 1 heterocycles. The van der Waals surface area contributed by atoms with Crippen LogP contribution >= 0.6 is 0 Å². The second kappa shape index (κ2) is 5.57. The van der Waals surface area contributed by atoms with Crippen LogP contribution in [0.1, 0.15) is 12.5 Å². The van der Waals surface area contributed by atoms with E-state index >= 15 is 0 Å². The molecule has 20 heavy (non-hydrogen) atoms. The number of benzene rings is 2. The summed E-state index contributed by atoms with van der Waals surface area (Å²) in [5.74, 6) is 0.585. The molecule has 3 aromatic rings. The first-order chi connectivity index (χ1) is 9.86. The summed E-state index contributed by atoms with van der Waals surface area (Å²) in [5.41, 5.74) is 3.15. The first-order valence-electron chi connectivity index (χ1n) is 6.61. The molecule has 0 unspecified atom stereocenters. The fourth-order valence-corrected chi connectivity index (χ4v) is 2.04. The van der Waals surface area contributed by atoms with E-state index < -0.39 is 0 Å². The van der Waals surface area contributed by atoms with Crippen molar-refractivity contribution >= 4 is 11.7 Å². The molecule has 0 atom stereocenters. The van der Waals surface area contributed by atoms with E-state index in [2.05, 4.69) is 28.4 Å². The van der Waals surface area contributed by atoms with Crippen LogP contribution in [0, 0.1) is 0 Å². The van der Waals surface area contributed by atoms with Crippen molar-refractivity contribution in [1.29, 1.82) is 0 Å². The molecule has 0 saturated carbocycles. The lowest BCUT2D eigenvalue weighted by Crippen LogP contribution is -1.95. The van der Waals surface area contributed by atoms with E-state index in [1.165, 1.54) is 5.56 Å². The summed E-state index contributed by atoms with van der Waals surface area (Å²) in [6, 6.07) is 18.3. The second-order valence-electron chi connectivity index (χ2n) is 4.42. The van der Waals surface area contributed by atoms with Crippen molar-refractivity contribution in [3.8, 4) is 11.4 Å². The summed E-state index contributed by atoms with van der Waals surface area (Å²) in [6.45, 7) is 2.11. The Morgan fingerprint density at radius 2 is 1.75 bits per heavy atom. The van der Waals surface area contributed by atoms with E-state index in [1.54, 1.807) is 0 Å². The Morgan fingerprint density at radius 3 is 2.55 bits per heavy atom. The summed E-state index contributed by atoms with van der Waals surface area (Å²) in [7, 11) is 0. The van der Waals surface area contributed by atoms with Crippen molar-refractivity contribution in [3.05, 3.63) is 60.2 Å². The average Bonchev–Trinajstić information content (AvgIpc) is 2.97. The highest BCUT2D eigenvalue weighted by molar-refractivity contribution is 5.60. The summed E-state index contributed by atoms with van der Waals surface area (Å²) in [5, 5.41) is 7.16. The van der Waals surface area contributed by atoms with Gasteiger partial charge in [0.1, 0.15) is 0 Å². The smallest absolute Gasteiger partial charge is 0.315 e. The van der Waals surface area contributed by atoms with Gasteiger partial charge in [0.2, 0.25) is 5.82 Å². The number of hydrogen-bond acceptors (Lipinski definition) is 4. The molecule has 4 nitrogen and oxygen atoms in total. The minimum absolute atomic E-state index is 0.407. The fourth-order valence-electron chi connectivity index (χ4n) is 2.04. The number of hydrogen-bond donors (Lipinski definition) is 1. The Kier molecular flexibility index (Phi) is 3.46. The highest BCUT2D eigenvalue weighted by atomic mass is 16.5. The standard InChI is InChI=1S/C16H15N3O/c1-2-12-8-6-7-11-14(12)17-16-18-15(19-20-16)13-9-4-3-5-10-13/h3-11H,2H2,1H3,(H,17,18,19). The Hall–Kier alpha value is -2.62. The van der Waals surface area contributed by atoms with Crippen LogP contribution in [0.3, 0.4) is 0 Å². The first-order valence-corrected chi connectivity index (χ1v) is 6.61. The third-order valence-corrected chi connectivity index (χ3v) is 3.10. The lowest BCUT2D eigenvalue weighted by atomic mass is 10.1. The molecule has 0 aliphatic heterocycles. The molecule has 0 aliphatic carbocycles. The molecule has 0 spiro atoms. The summed E-state index contributed by atoms with van der Waals surface area (Å²) < 4.78 is 5.25. The van der Waals surface area contributed by atoms with E-state index in [4.69, 9.17) is 4.52 Å². The van der Waals surface area contributed by atoms with Gasteiger partial charge in [0.25, 0.3) is 0 Å². The minimum atomic E-state index is 0.407. The van der Waals surface area contributed by atoms with Gasteiger partial charge >= 0.3 is 6.01 Å². The number of aromatic nitrogens is 2. The van der Waals surface area contributed by atoms with Gasteiger partial charge in [-0.3, -0.25) is 0 Å². The molecule has 0 saturated heterocycles. The SMILES string of the molecule is CCc1ccccc1Nc1nc(-c2ccccc2)no1. The quantitative estimate of drug-likeness (QED) is 0.773. The van der Waals surface area contributed by atoms with E-state index in [0.29, 0.717) is 11.8 Å². The van der Waals surface area contributed by atoms with Gasteiger partial charge in [0, 0.05) is 11.3 Å². The molecular weight excluding hydrogens is 250 g/mol. The van der Waals surface area contributed by atoms with Crippen LogP contribution in [0.15, 0.2) is 59.1 Å². The Balaban J connectivity index is 1.84. The molecule has 4 heteroatoms. The molecule has 1 aromatic heterocycles. The first kappa shape index (κ1) is 12.4. The Morgan fingerprint density at radius 1 is 1.00 bits per heavy atom. The van der Waals surface area contributed by atoms with E-state index in [0.717, 1.165) is 17.7 Å². The molecule has 2 aromatic carbocycles. The zero-order valence-electron chi connectivity index (χ0n) is 11.2. The molecule has 0 fully saturated rings. The Labute approximate surface area is 117 Å². The van der Waals surface area contributed by atoms with Gasteiger partial charge in [-0.2, -0.15) is 4.98 Å². The highest BCUT2D eigenvalue weighted by Gasteiger charge is 2.09. The summed E-state index contributed by atoms with van der Waals surface area (Å²) >= 11 is 0. The monoisotopic (exact) mass is 265 g/mol. The zero-order chi connectivity index (χ0) is 13.8. The van der Waals surface area contributed by atoms with Crippen molar-refractivity contribution in [3.63, 3.8) is 0 Å². The number of para-hydroxylation sites is 1. The maximum absolute atomic E-state index is 5.25. The van der Waals surface area contributed by atoms with Gasteiger partial charge in [-0.25, -0.2) is 0 Å². The molecule has 100 valence electrons.